The van der Waals surface area contributed by atoms with Crippen molar-refractivity contribution < 1.29 is 34.7 Å². The van der Waals surface area contributed by atoms with Crippen LogP contribution < -0.4 is 21.1 Å². The van der Waals surface area contributed by atoms with Crippen molar-refractivity contribution in [3.05, 3.63) is 48.0 Å². The number of benzene rings is 2. The summed E-state index contributed by atoms with van der Waals surface area (Å²) in [6.07, 6.45) is -3.79. The molecule has 1 saturated heterocycles. The van der Waals surface area contributed by atoms with Crippen LogP contribution in [0.2, 0.25) is 0 Å². The van der Waals surface area contributed by atoms with Gasteiger partial charge in [0, 0.05) is 6.54 Å². The normalized spacial score (nSPS) is 21.6. The molecule has 0 saturated carbocycles. The first-order chi connectivity index (χ1) is 18.1. The predicted octanol–water partition coefficient (Wildman–Crippen LogP) is 0.588. The fourth-order valence-electron chi connectivity index (χ4n) is 4.23. The Hall–Kier alpha value is -3.42. The fourth-order valence-corrected chi connectivity index (χ4v) is 4.23. The van der Waals surface area contributed by atoms with Crippen LogP contribution in [0.15, 0.2) is 42.5 Å². The van der Waals surface area contributed by atoms with Crippen molar-refractivity contribution in [1.29, 1.82) is 0 Å². The SMILES string of the molecule is CC(C)(NCCCOc1cc(CNc2nc3ccccc3n2[C@@H]2O[C@H](CO)[C@@H](O)[C@H]2O)ccc1O)C(N)=O. The minimum Gasteiger partial charge on any atom is -0.504 e. The topological polar surface area (TPSA) is 184 Å². The third kappa shape index (κ3) is 5.84. The lowest BCUT2D eigenvalue weighted by molar-refractivity contribution is -0.123. The van der Waals surface area contributed by atoms with Gasteiger partial charge in [-0.3, -0.25) is 9.36 Å². The number of aromatic nitrogens is 2. The summed E-state index contributed by atoms with van der Waals surface area (Å²) in [5, 5.41) is 47.0. The molecule has 2 aromatic carbocycles. The molecule has 8 N–H and O–H groups in total. The molecule has 0 bridgehead atoms. The second-order valence-electron chi connectivity index (χ2n) is 9.80. The van der Waals surface area contributed by atoms with E-state index in [2.05, 4.69) is 15.6 Å². The summed E-state index contributed by atoms with van der Waals surface area (Å²) in [6.45, 7) is 4.11. The van der Waals surface area contributed by atoms with E-state index in [0.717, 1.165) is 5.56 Å². The summed E-state index contributed by atoms with van der Waals surface area (Å²) in [5.74, 6) is 0.274. The second kappa shape index (κ2) is 11.5. The van der Waals surface area contributed by atoms with Gasteiger partial charge in [-0.25, -0.2) is 4.98 Å². The Kier molecular flexibility index (Phi) is 8.38. The molecule has 206 valence electrons. The molecule has 0 spiro atoms. The number of anilines is 1. The maximum absolute atomic E-state index is 11.4. The monoisotopic (exact) mass is 529 g/mol. The van der Waals surface area contributed by atoms with Crippen LogP contribution in [0, 0.1) is 0 Å². The van der Waals surface area contributed by atoms with Gasteiger partial charge >= 0.3 is 0 Å². The number of nitrogens with one attached hydrogen (secondary N) is 2. The highest BCUT2D eigenvalue weighted by Gasteiger charge is 2.44. The van der Waals surface area contributed by atoms with E-state index in [1.54, 1.807) is 30.5 Å². The second-order valence-corrected chi connectivity index (χ2v) is 9.80. The van der Waals surface area contributed by atoms with E-state index in [1.807, 2.05) is 24.3 Å². The van der Waals surface area contributed by atoms with Gasteiger partial charge in [0.2, 0.25) is 11.9 Å². The number of aliphatic hydroxyl groups is 3. The average molecular weight is 530 g/mol. The summed E-state index contributed by atoms with van der Waals surface area (Å²) in [7, 11) is 0. The predicted molar refractivity (Wildman–Crippen MR) is 140 cm³/mol. The van der Waals surface area contributed by atoms with Gasteiger partial charge < -0.3 is 46.3 Å². The number of hydrogen-bond donors (Lipinski definition) is 7. The van der Waals surface area contributed by atoms with E-state index in [-0.39, 0.29) is 5.75 Å². The maximum atomic E-state index is 11.4. The summed E-state index contributed by atoms with van der Waals surface area (Å²) in [4.78, 5) is 16.0. The zero-order valence-electron chi connectivity index (χ0n) is 21.4. The van der Waals surface area contributed by atoms with Crippen LogP contribution in [-0.2, 0) is 16.1 Å². The third-order valence-electron chi connectivity index (χ3n) is 6.60. The van der Waals surface area contributed by atoms with E-state index in [4.69, 9.17) is 15.2 Å². The highest BCUT2D eigenvalue weighted by atomic mass is 16.6. The number of primary amides is 1. The molecule has 1 aliphatic heterocycles. The summed E-state index contributed by atoms with van der Waals surface area (Å²) in [6, 6.07) is 12.3. The van der Waals surface area contributed by atoms with Crippen molar-refractivity contribution in [1.82, 2.24) is 14.9 Å². The minimum atomic E-state index is -1.26. The Labute approximate surface area is 220 Å². The van der Waals surface area contributed by atoms with E-state index >= 15 is 0 Å². The molecule has 4 atom stereocenters. The van der Waals surface area contributed by atoms with Crippen LogP contribution in [-0.4, -0.2) is 79.5 Å². The summed E-state index contributed by atoms with van der Waals surface area (Å²) < 4.78 is 13.2. The maximum Gasteiger partial charge on any atom is 0.237 e. The van der Waals surface area contributed by atoms with E-state index < -0.39 is 42.6 Å². The van der Waals surface area contributed by atoms with Gasteiger partial charge in [-0.05, 0) is 56.6 Å². The first kappa shape index (κ1) is 27.6. The van der Waals surface area contributed by atoms with Gasteiger partial charge in [0.05, 0.1) is 29.8 Å². The first-order valence-electron chi connectivity index (χ1n) is 12.5. The first-order valence-corrected chi connectivity index (χ1v) is 12.5. The lowest BCUT2D eigenvalue weighted by Crippen LogP contribution is -2.51. The molecule has 1 fully saturated rings. The number of carbonyl (C=O) groups excluding carboxylic acids is 1. The quantitative estimate of drug-likeness (QED) is 0.164. The van der Waals surface area contributed by atoms with Gasteiger partial charge in [0.1, 0.15) is 18.3 Å². The molecular weight excluding hydrogens is 494 g/mol. The largest absolute Gasteiger partial charge is 0.504 e. The van der Waals surface area contributed by atoms with Crippen LogP contribution in [0.4, 0.5) is 5.95 Å². The number of aromatic hydroxyl groups is 1. The lowest BCUT2D eigenvalue weighted by atomic mass is 10.1. The number of para-hydroxylation sites is 2. The number of nitrogens with two attached hydrogens (primary N) is 1. The summed E-state index contributed by atoms with van der Waals surface area (Å²) in [5.41, 5.74) is 6.69. The zero-order chi connectivity index (χ0) is 27.4. The van der Waals surface area contributed by atoms with Gasteiger partial charge in [-0.15, -0.1) is 0 Å². The number of rotatable bonds is 12. The number of carbonyl (C=O) groups is 1. The van der Waals surface area contributed by atoms with E-state index in [1.165, 1.54) is 6.07 Å². The number of nitrogens with zero attached hydrogens (tertiary/aromatic N) is 2. The van der Waals surface area contributed by atoms with Crippen LogP contribution in [0.5, 0.6) is 11.5 Å². The Balaban J connectivity index is 1.44. The standard InChI is InChI=1S/C26H35N5O7/c1-26(2,24(27)36)29-10-5-11-37-19-12-15(8-9-18(19)33)13-28-25-30-16-6-3-4-7-17(16)31(25)23-22(35)21(34)20(14-32)38-23/h3-4,6-9,12,20-23,29,32-35H,5,10-11,13-14H2,1-2H3,(H2,27,36)(H,28,30)/t20-,21-,22-,23-/m1/s1. The molecule has 0 aliphatic carbocycles. The molecule has 0 unspecified atom stereocenters. The summed E-state index contributed by atoms with van der Waals surface area (Å²) >= 11 is 0. The molecule has 0 radical (unpaired) electrons. The number of ether oxygens (including phenoxy) is 2. The van der Waals surface area contributed by atoms with Crippen LogP contribution in [0.25, 0.3) is 11.0 Å². The molecule has 2 heterocycles. The number of imidazole rings is 1. The Bertz CT molecular complexity index is 1260. The number of aliphatic hydroxyl groups excluding tert-OH is 3. The smallest absolute Gasteiger partial charge is 0.237 e. The number of fused-ring (bicyclic) bond motifs is 1. The molecule has 1 aromatic heterocycles. The Morgan fingerprint density at radius 2 is 1.97 bits per heavy atom. The van der Waals surface area contributed by atoms with Crippen molar-refractivity contribution in [2.24, 2.45) is 5.73 Å². The van der Waals surface area contributed by atoms with Gasteiger partial charge in [-0.1, -0.05) is 18.2 Å². The van der Waals surface area contributed by atoms with E-state index in [0.29, 0.717) is 48.8 Å². The van der Waals surface area contributed by atoms with Crippen LogP contribution in [0.1, 0.15) is 32.1 Å². The number of amides is 1. The molecule has 38 heavy (non-hydrogen) atoms. The zero-order valence-corrected chi connectivity index (χ0v) is 21.4. The molecule has 1 aliphatic rings. The molecule has 3 aromatic rings. The van der Waals surface area contributed by atoms with Crippen molar-refractivity contribution in [2.45, 2.75) is 56.9 Å². The van der Waals surface area contributed by atoms with E-state index in [9.17, 15) is 25.2 Å². The van der Waals surface area contributed by atoms with Crippen molar-refractivity contribution >= 4 is 22.9 Å². The lowest BCUT2D eigenvalue weighted by Gasteiger charge is -2.22. The molecule has 12 heteroatoms. The van der Waals surface area contributed by atoms with Crippen LogP contribution >= 0.6 is 0 Å². The van der Waals surface area contributed by atoms with Gasteiger partial charge in [0.15, 0.2) is 17.7 Å². The highest BCUT2D eigenvalue weighted by Crippen LogP contribution is 2.35. The number of hydrogen-bond acceptors (Lipinski definition) is 10. The molecule has 1 amide bonds. The Morgan fingerprint density at radius 1 is 1.21 bits per heavy atom. The highest BCUT2D eigenvalue weighted by molar-refractivity contribution is 5.83. The molecule has 4 rings (SSSR count). The van der Waals surface area contributed by atoms with Crippen molar-refractivity contribution in [3.63, 3.8) is 0 Å². The molecule has 12 nitrogen and oxygen atoms in total. The third-order valence-corrected chi connectivity index (χ3v) is 6.60. The van der Waals surface area contributed by atoms with Crippen molar-refractivity contribution in [2.75, 3.05) is 25.1 Å². The van der Waals surface area contributed by atoms with Gasteiger partial charge in [-0.2, -0.15) is 0 Å². The van der Waals surface area contributed by atoms with Gasteiger partial charge in [0.25, 0.3) is 0 Å². The van der Waals surface area contributed by atoms with Crippen LogP contribution in [0.3, 0.4) is 0 Å². The number of phenols is 1. The number of phenolic OH excluding ortho intramolecular Hbond substituents is 1. The average Bonchev–Trinajstić information content (AvgIpc) is 3.40. The molecular formula is C26H35N5O7. The Morgan fingerprint density at radius 3 is 2.68 bits per heavy atom. The fraction of sp³-hybridized carbons (Fsp3) is 0.462. The van der Waals surface area contributed by atoms with Crippen molar-refractivity contribution in [3.8, 4) is 11.5 Å². The minimum absolute atomic E-state index is 0.00192.